The summed E-state index contributed by atoms with van der Waals surface area (Å²) in [5.74, 6) is 0.0377. The number of methoxy groups -OCH3 is 1. The normalized spacial score (nSPS) is 23.1. The number of rotatable bonds is 5. The highest BCUT2D eigenvalue weighted by Gasteiger charge is 2.59. The van der Waals surface area contributed by atoms with Crippen LogP contribution in [0, 0.1) is 5.92 Å². The maximum Gasteiger partial charge on any atom is 0.338 e. The lowest BCUT2D eigenvalue weighted by Crippen LogP contribution is -2.72. The fraction of sp³-hybridized carbons (Fsp3) is 0.375. The molecule has 2 heterocycles. The van der Waals surface area contributed by atoms with E-state index < -0.39 is 23.7 Å². The molecule has 0 aromatic heterocycles. The molecule has 2 aromatic carbocycles. The topological polar surface area (TPSA) is 80.3 Å². The third kappa shape index (κ3) is 3.66. The quantitative estimate of drug-likeness (QED) is 0.529. The van der Waals surface area contributed by atoms with Crippen LogP contribution in [0.5, 0.6) is 11.5 Å². The van der Waals surface area contributed by atoms with Crippen molar-refractivity contribution >= 4 is 34.9 Å². The molecule has 0 saturated carbocycles. The van der Waals surface area contributed by atoms with Crippen LogP contribution in [-0.2, 0) is 9.53 Å². The average Bonchev–Trinajstić information content (AvgIpc) is 2.78. The zero-order valence-electron chi connectivity index (χ0n) is 19.2. The van der Waals surface area contributed by atoms with Crippen molar-refractivity contribution < 1.29 is 23.8 Å². The monoisotopic (exact) mass is 469 g/mol. The van der Waals surface area contributed by atoms with Gasteiger partial charge in [0, 0.05) is 25.3 Å². The molecular formula is C24H27N3O5S. The Morgan fingerprint density at radius 1 is 1.21 bits per heavy atom. The third-order valence-electron chi connectivity index (χ3n) is 6.05. The molecule has 9 heteroatoms. The average molecular weight is 470 g/mol. The van der Waals surface area contributed by atoms with Crippen molar-refractivity contribution in [1.82, 2.24) is 10.2 Å². The summed E-state index contributed by atoms with van der Waals surface area (Å²) in [6.45, 7) is 3.91. The lowest BCUT2D eigenvalue weighted by atomic mass is 9.78. The second-order valence-corrected chi connectivity index (χ2v) is 8.66. The number of carbonyl (C=O) groups is 2. The lowest BCUT2D eigenvalue weighted by molar-refractivity contribution is -0.144. The molecule has 0 radical (unpaired) electrons. The Labute approximate surface area is 198 Å². The highest BCUT2D eigenvalue weighted by molar-refractivity contribution is 7.80. The predicted octanol–water partition coefficient (Wildman–Crippen LogP) is 3.12. The van der Waals surface area contributed by atoms with Gasteiger partial charge in [0.25, 0.3) is 0 Å². The maximum absolute atomic E-state index is 13.4. The molecule has 0 spiro atoms. The second kappa shape index (κ2) is 8.55. The fourth-order valence-electron chi connectivity index (χ4n) is 4.54. The van der Waals surface area contributed by atoms with Gasteiger partial charge in [-0.3, -0.25) is 9.69 Å². The molecule has 2 aliphatic heterocycles. The van der Waals surface area contributed by atoms with Crippen molar-refractivity contribution in [2.75, 3.05) is 32.7 Å². The van der Waals surface area contributed by atoms with Gasteiger partial charge in [-0.1, -0.05) is 12.1 Å². The molecule has 3 unspecified atom stereocenters. The number of thiocarbonyl (C=S) groups is 1. The summed E-state index contributed by atoms with van der Waals surface area (Å²) in [6, 6.07) is 12.1. The molecule has 2 aliphatic rings. The smallest absolute Gasteiger partial charge is 0.338 e. The first-order valence-electron chi connectivity index (χ1n) is 10.7. The van der Waals surface area contributed by atoms with Gasteiger partial charge in [0.05, 0.1) is 25.3 Å². The van der Waals surface area contributed by atoms with Crippen molar-refractivity contribution in [2.24, 2.45) is 5.92 Å². The number of esters is 1. The van der Waals surface area contributed by atoms with Gasteiger partial charge in [-0.15, -0.1) is 0 Å². The van der Waals surface area contributed by atoms with E-state index in [1.807, 2.05) is 25.1 Å². The molecule has 1 amide bonds. The molecule has 174 valence electrons. The zero-order valence-corrected chi connectivity index (χ0v) is 20.1. The van der Waals surface area contributed by atoms with Crippen molar-refractivity contribution in [3.05, 3.63) is 53.6 Å². The van der Waals surface area contributed by atoms with Crippen LogP contribution in [-0.4, -0.2) is 55.4 Å². The summed E-state index contributed by atoms with van der Waals surface area (Å²) in [6.07, 6.45) is 0. The van der Waals surface area contributed by atoms with E-state index in [-0.39, 0.29) is 5.91 Å². The number of nitrogens with zero attached hydrogens (tertiary/aromatic N) is 2. The number of benzene rings is 2. The fourth-order valence-corrected chi connectivity index (χ4v) is 4.95. The van der Waals surface area contributed by atoms with E-state index in [1.54, 1.807) is 62.2 Å². The molecule has 4 rings (SSSR count). The Balaban J connectivity index is 1.84. The highest BCUT2D eigenvalue weighted by Crippen LogP contribution is 2.52. The number of ether oxygens (including phenoxy) is 3. The summed E-state index contributed by atoms with van der Waals surface area (Å²) < 4.78 is 17.2. The minimum Gasteiger partial charge on any atom is -0.493 e. The maximum atomic E-state index is 13.4. The highest BCUT2D eigenvalue weighted by atomic mass is 32.1. The van der Waals surface area contributed by atoms with Crippen molar-refractivity contribution in [3.8, 4) is 11.5 Å². The number of para-hydroxylation sites is 1. The minimum atomic E-state index is -1.15. The van der Waals surface area contributed by atoms with Crippen molar-refractivity contribution in [1.29, 1.82) is 0 Å². The molecular weight excluding hydrogens is 442 g/mol. The van der Waals surface area contributed by atoms with E-state index in [0.717, 1.165) is 5.56 Å². The van der Waals surface area contributed by atoms with Crippen LogP contribution in [0.15, 0.2) is 42.5 Å². The molecule has 8 nitrogen and oxygen atoms in total. The summed E-state index contributed by atoms with van der Waals surface area (Å²) in [7, 11) is 5.02. The van der Waals surface area contributed by atoms with Crippen LogP contribution >= 0.6 is 12.2 Å². The predicted molar refractivity (Wildman–Crippen MR) is 128 cm³/mol. The molecule has 33 heavy (non-hydrogen) atoms. The van der Waals surface area contributed by atoms with Gasteiger partial charge in [-0.05, 0) is 56.4 Å². The van der Waals surface area contributed by atoms with Crippen LogP contribution in [0.1, 0.15) is 35.8 Å². The van der Waals surface area contributed by atoms with E-state index in [0.29, 0.717) is 34.5 Å². The molecule has 0 aliphatic carbocycles. The number of carbonyl (C=O) groups excluding carboxylic acids is 2. The standard InChI is InChI=1S/C24H27N3O5S/c1-6-31-22(29)14-10-12-15(13-11-14)27-23(33)25-19-16-8-7-9-17(30-5)20(16)32-24(27,2)18(19)21(28)26(3)4/h7-13,18-19H,6H2,1-5H3,(H,25,33). The van der Waals surface area contributed by atoms with Crippen LogP contribution in [0.25, 0.3) is 0 Å². The Kier molecular flexibility index (Phi) is 5.92. The van der Waals surface area contributed by atoms with E-state index in [2.05, 4.69) is 5.32 Å². The van der Waals surface area contributed by atoms with Gasteiger partial charge in [0.15, 0.2) is 22.3 Å². The van der Waals surface area contributed by atoms with Crippen molar-refractivity contribution in [3.63, 3.8) is 0 Å². The number of nitrogens with one attached hydrogen (secondary N) is 1. The first-order valence-corrected chi connectivity index (χ1v) is 11.1. The number of anilines is 1. The Bertz CT molecular complexity index is 1100. The van der Waals surface area contributed by atoms with E-state index in [1.165, 1.54) is 0 Å². The SMILES string of the molecule is CCOC(=O)c1ccc(N2C(=S)NC3c4cccc(OC)c4OC2(C)C3C(=O)N(C)C)cc1. The molecule has 1 N–H and O–H groups in total. The number of hydrogen-bond donors (Lipinski definition) is 1. The zero-order chi connectivity index (χ0) is 23.9. The Morgan fingerprint density at radius 2 is 1.91 bits per heavy atom. The summed E-state index contributed by atoms with van der Waals surface area (Å²) in [4.78, 5) is 28.9. The van der Waals surface area contributed by atoms with Crippen molar-refractivity contribution in [2.45, 2.75) is 25.6 Å². The Hall–Kier alpha value is -3.33. The van der Waals surface area contributed by atoms with Gasteiger partial charge in [0.2, 0.25) is 5.91 Å². The number of hydrogen-bond acceptors (Lipinski definition) is 6. The van der Waals surface area contributed by atoms with Gasteiger partial charge >= 0.3 is 5.97 Å². The van der Waals surface area contributed by atoms with Crippen LogP contribution in [0.3, 0.4) is 0 Å². The molecule has 1 fully saturated rings. The number of amides is 1. The van der Waals surface area contributed by atoms with E-state index in [9.17, 15) is 9.59 Å². The summed E-state index contributed by atoms with van der Waals surface area (Å²) >= 11 is 5.74. The van der Waals surface area contributed by atoms with E-state index >= 15 is 0 Å². The second-order valence-electron chi connectivity index (χ2n) is 8.28. The molecule has 3 atom stereocenters. The van der Waals surface area contributed by atoms with E-state index in [4.69, 9.17) is 26.4 Å². The molecule has 2 aromatic rings. The minimum absolute atomic E-state index is 0.0980. The van der Waals surface area contributed by atoms with Gasteiger partial charge < -0.3 is 24.4 Å². The summed E-state index contributed by atoms with van der Waals surface area (Å²) in [5.41, 5.74) is 0.765. The first-order chi connectivity index (χ1) is 15.7. The Morgan fingerprint density at radius 3 is 2.52 bits per heavy atom. The van der Waals surface area contributed by atoms with Crippen LogP contribution in [0.4, 0.5) is 5.69 Å². The largest absolute Gasteiger partial charge is 0.493 e. The van der Waals surface area contributed by atoms with Gasteiger partial charge in [-0.25, -0.2) is 4.79 Å². The first kappa shape index (κ1) is 22.8. The van der Waals surface area contributed by atoms with Crippen LogP contribution < -0.4 is 19.7 Å². The van der Waals surface area contributed by atoms with Crippen LogP contribution in [0.2, 0.25) is 0 Å². The molecule has 2 bridgehead atoms. The molecule has 1 saturated heterocycles. The third-order valence-corrected chi connectivity index (χ3v) is 6.35. The lowest BCUT2D eigenvalue weighted by Gasteiger charge is -2.56. The van der Waals surface area contributed by atoms with Gasteiger partial charge in [-0.2, -0.15) is 0 Å². The van der Waals surface area contributed by atoms with Gasteiger partial charge in [0.1, 0.15) is 5.92 Å². The number of fused-ring (bicyclic) bond motifs is 4. The summed E-state index contributed by atoms with van der Waals surface area (Å²) in [5, 5.41) is 3.77.